The molecule has 0 saturated heterocycles. The van der Waals surface area contributed by atoms with Gasteiger partial charge in [-0.15, -0.1) is 0 Å². The second-order valence-electron chi connectivity index (χ2n) is 4.33. The number of imidazole rings is 1. The lowest BCUT2D eigenvalue weighted by Crippen LogP contribution is -1.97. The van der Waals surface area contributed by atoms with Crippen molar-refractivity contribution < 1.29 is 0 Å². The molecule has 0 bridgehead atoms. The number of nitrogens with zero attached hydrogens (tertiary/aromatic N) is 2. The average molecular weight is 337 g/mol. The standard InChI is InChI=1S/C14H11BrClN3/c1-8-3-2-4-12-18-13(14(17)19(8)12)10-6-5-9(15)7-11(10)16/h2-7H,17H2,1H3. The zero-order chi connectivity index (χ0) is 13.6. The van der Waals surface area contributed by atoms with Gasteiger partial charge in [0, 0.05) is 15.7 Å². The molecule has 3 nitrogen and oxygen atoms in total. The molecular weight excluding hydrogens is 326 g/mol. The van der Waals surface area contributed by atoms with Crippen LogP contribution in [0.5, 0.6) is 0 Å². The van der Waals surface area contributed by atoms with E-state index in [0.29, 0.717) is 16.5 Å². The fourth-order valence-electron chi connectivity index (χ4n) is 2.16. The van der Waals surface area contributed by atoms with E-state index in [1.807, 2.05) is 47.7 Å². The summed E-state index contributed by atoms with van der Waals surface area (Å²) < 4.78 is 2.85. The highest BCUT2D eigenvalue weighted by molar-refractivity contribution is 9.10. The molecule has 0 spiro atoms. The van der Waals surface area contributed by atoms with E-state index >= 15 is 0 Å². The van der Waals surface area contributed by atoms with Gasteiger partial charge < -0.3 is 5.73 Å². The molecule has 3 aromatic rings. The van der Waals surface area contributed by atoms with Gasteiger partial charge in [-0.3, -0.25) is 4.40 Å². The van der Waals surface area contributed by atoms with Crippen LogP contribution in [0.3, 0.4) is 0 Å². The van der Waals surface area contributed by atoms with Crippen molar-refractivity contribution >= 4 is 39.0 Å². The summed E-state index contributed by atoms with van der Waals surface area (Å²) in [4.78, 5) is 4.57. The van der Waals surface area contributed by atoms with Gasteiger partial charge in [-0.2, -0.15) is 0 Å². The first kappa shape index (κ1) is 12.5. The number of aryl methyl sites for hydroxylation is 1. The molecule has 3 rings (SSSR count). The van der Waals surface area contributed by atoms with Crippen LogP contribution in [0.2, 0.25) is 5.02 Å². The molecule has 0 aliphatic carbocycles. The summed E-state index contributed by atoms with van der Waals surface area (Å²) in [6.07, 6.45) is 0. The Kier molecular flexibility index (Phi) is 2.99. The van der Waals surface area contributed by atoms with Gasteiger partial charge in [0.1, 0.15) is 17.2 Å². The van der Waals surface area contributed by atoms with Gasteiger partial charge in [0.25, 0.3) is 0 Å². The molecule has 2 aromatic heterocycles. The Labute approximate surface area is 124 Å². The Morgan fingerprint density at radius 1 is 1.26 bits per heavy atom. The lowest BCUT2D eigenvalue weighted by atomic mass is 10.1. The van der Waals surface area contributed by atoms with E-state index in [-0.39, 0.29) is 0 Å². The van der Waals surface area contributed by atoms with Crippen molar-refractivity contribution in [2.75, 3.05) is 5.73 Å². The molecule has 2 N–H and O–H groups in total. The van der Waals surface area contributed by atoms with E-state index < -0.39 is 0 Å². The van der Waals surface area contributed by atoms with E-state index in [9.17, 15) is 0 Å². The van der Waals surface area contributed by atoms with Gasteiger partial charge in [0.2, 0.25) is 0 Å². The maximum absolute atomic E-state index is 6.27. The number of nitrogens with two attached hydrogens (primary N) is 1. The molecule has 19 heavy (non-hydrogen) atoms. The second kappa shape index (κ2) is 4.54. The van der Waals surface area contributed by atoms with Crippen LogP contribution in [0.1, 0.15) is 5.69 Å². The molecule has 0 radical (unpaired) electrons. The summed E-state index contributed by atoms with van der Waals surface area (Å²) in [5.41, 5.74) is 9.63. The second-order valence-corrected chi connectivity index (χ2v) is 5.65. The van der Waals surface area contributed by atoms with Crippen molar-refractivity contribution in [3.8, 4) is 11.3 Å². The van der Waals surface area contributed by atoms with Crippen LogP contribution in [0, 0.1) is 6.92 Å². The van der Waals surface area contributed by atoms with Crippen molar-refractivity contribution in [2.24, 2.45) is 0 Å². The van der Waals surface area contributed by atoms with Gasteiger partial charge in [0.05, 0.1) is 5.02 Å². The summed E-state index contributed by atoms with van der Waals surface area (Å²) in [5, 5.41) is 0.627. The Morgan fingerprint density at radius 2 is 2.05 bits per heavy atom. The highest BCUT2D eigenvalue weighted by Gasteiger charge is 2.14. The van der Waals surface area contributed by atoms with Gasteiger partial charge in [-0.1, -0.05) is 39.7 Å². The highest BCUT2D eigenvalue weighted by Crippen LogP contribution is 2.34. The first-order chi connectivity index (χ1) is 9.08. The summed E-state index contributed by atoms with van der Waals surface area (Å²) in [5.74, 6) is 0.609. The lowest BCUT2D eigenvalue weighted by molar-refractivity contribution is 1.10. The summed E-state index contributed by atoms with van der Waals surface area (Å²) in [6.45, 7) is 2.00. The zero-order valence-electron chi connectivity index (χ0n) is 10.2. The normalized spacial score (nSPS) is 11.1. The van der Waals surface area contributed by atoms with Crippen LogP contribution in [0.25, 0.3) is 16.9 Å². The smallest absolute Gasteiger partial charge is 0.139 e. The Balaban J connectivity index is 2.31. The van der Waals surface area contributed by atoms with Crippen LogP contribution < -0.4 is 5.73 Å². The number of anilines is 1. The van der Waals surface area contributed by atoms with Crippen LogP contribution in [0.4, 0.5) is 5.82 Å². The third kappa shape index (κ3) is 2.01. The van der Waals surface area contributed by atoms with E-state index in [0.717, 1.165) is 21.4 Å². The Hall–Kier alpha value is -1.52. The number of benzene rings is 1. The van der Waals surface area contributed by atoms with Gasteiger partial charge >= 0.3 is 0 Å². The minimum absolute atomic E-state index is 0.609. The summed E-state index contributed by atoms with van der Waals surface area (Å²) in [6, 6.07) is 11.6. The van der Waals surface area contributed by atoms with Crippen molar-refractivity contribution in [2.45, 2.75) is 6.92 Å². The summed E-state index contributed by atoms with van der Waals surface area (Å²) in [7, 11) is 0. The van der Waals surface area contributed by atoms with Crippen LogP contribution in [0.15, 0.2) is 40.9 Å². The number of aromatic nitrogens is 2. The molecule has 0 aliphatic heterocycles. The van der Waals surface area contributed by atoms with Crippen molar-refractivity contribution in [1.29, 1.82) is 0 Å². The first-order valence-corrected chi connectivity index (χ1v) is 6.94. The number of hydrogen-bond acceptors (Lipinski definition) is 2. The first-order valence-electron chi connectivity index (χ1n) is 5.77. The van der Waals surface area contributed by atoms with E-state index in [1.54, 1.807) is 0 Å². The van der Waals surface area contributed by atoms with E-state index in [2.05, 4.69) is 20.9 Å². The van der Waals surface area contributed by atoms with Gasteiger partial charge in [-0.05, 0) is 31.2 Å². The predicted octanol–water partition coefficient (Wildman–Crippen LogP) is 4.31. The number of hydrogen-bond donors (Lipinski definition) is 1. The highest BCUT2D eigenvalue weighted by atomic mass is 79.9. The molecule has 0 unspecified atom stereocenters. The maximum Gasteiger partial charge on any atom is 0.139 e. The molecule has 1 aromatic carbocycles. The molecule has 0 saturated carbocycles. The molecule has 5 heteroatoms. The summed E-state index contributed by atoms with van der Waals surface area (Å²) >= 11 is 9.66. The zero-order valence-corrected chi connectivity index (χ0v) is 12.5. The van der Waals surface area contributed by atoms with Gasteiger partial charge in [0.15, 0.2) is 0 Å². The monoisotopic (exact) mass is 335 g/mol. The molecule has 0 fully saturated rings. The molecule has 0 aliphatic rings. The topological polar surface area (TPSA) is 43.3 Å². The maximum atomic E-state index is 6.27. The Morgan fingerprint density at radius 3 is 2.74 bits per heavy atom. The van der Waals surface area contributed by atoms with Crippen LogP contribution >= 0.6 is 27.5 Å². The van der Waals surface area contributed by atoms with Gasteiger partial charge in [-0.25, -0.2) is 4.98 Å². The SMILES string of the molecule is Cc1cccc2nc(-c3ccc(Br)cc3Cl)c(N)n12. The fraction of sp³-hybridized carbons (Fsp3) is 0.0714. The van der Waals surface area contributed by atoms with E-state index in [4.69, 9.17) is 17.3 Å². The van der Waals surface area contributed by atoms with Crippen molar-refractivity contribution in [1.82, 2.24) is 9.38 Å². The molecule has 0 atom stereocenters. The number of halogens is 2. The number of fused-ring (bicyclic) bond motifs is 1. The van der Waals surface area contributed by atoms with Crippen LogP contribution in [-0.2, 0) is 0 Å². The van der Waals surface area contributed by atoms with E-state index in [1.165, 1.54) is 0 Å². The molecular formula is C14H11BrClN3. The largest absolute Gasteiger partial charge is 0.383 e. The number of pyridine rings is 1. The van der Waals surface area contributed by atoms with Crippen molar-refractivity contribution in [3.05, 3.63) is 51.6 Å². The third-order valence-corrected chi connectivity index (χ3v) is 3.87. The van der Waals surface area contributed by atoms with Crippen molar-refractivity contribution in [3.63, 3.8) is 0 Å². The predicted molar refractivity (Wildman–Crippen MR) is 82.5 cm³/mol. The average Bonchev–Trinajstić information content (AvgIpc) is 2.68. The fourth-order valence-corrected chi connectivity index (χ4v) is 2.92. The quantitative estimate of drug-likeness (QED) is 0.719. The number of nitrogen functional groups attached to an aromatic ring is 1. The number of rotatable bonds is 1. The minimum atomic E-state index is 0.609. The lowest BCUT2D eigenvalue weighted by Gasteiger charge is -2.04. The molecule has 96 valence electrons. The molecule has 2 heterocycles. The molecule has 0 amide bonds. The van der Waals surface area contributed by atoms with Crippen LogP contribution in [-0.4, -0.2) is 9.38 Å². The minimum Gasteiger partial charge on any atom is -0.383 e. The third-order valence-electron chi connectivity index (χ3n) is 3.06. The Bertz CT molecular complexity index is 780.